The third-order valence-electron chi connectivity index (χ3n) is 1.94. The molecular weight excluding hydrogens is 178 g/mol. The van der Waals surface area contributed by atoms with Gasteiger partial charge in [-0.2, -0.15) is 5.21 Å². The molecule has 0 saturated heterocycles. The molecule has 0 aliphatic carbocycles. The molecule has 0 bridgehead atoms. The minimum Gasteiger partial charge on any atom is -0.316 e. The lowest BCUT2D eigenvalue weighted by atomic mass is 10.1. The molecule has 2 rings (SSSR count). The van der Waals surface area contributed by atoms with Crippen LogP contribution in [-0.2, 0) is 6.54 Å². The Morgan fingerprint density at radius 3 is 2.64 bits per heavy atom. The van der Waals surface area contributed by atoms with Crippen LogP contribution in [0.4, 0.5) is 0 Å². The zero-order chi connectivity index (χ0) is 9.80. The van der Waals surface area contributed by atoms with E-state index in [9.17, 15) is 0 Å². The normalized spacial score (nSPS) is 10.4. The lowest BCUT2D eigenvalue weighted by Crippen LogP contribution is -2.04. The highest BCUT2D eigenvalue weighted by Crippen LogP contribution is 2.13. The van der Waals surface area contributed by atoms with E-state index in [2.05, 4.69) is 25.9 Å². The molecule has 1 aromatic heterocycles. The summed E-state index contributed by atoms with van der Waals surface area (Å²) in [5, 5.41) is 16.8. The summed E-state index contributed by atoms with van der Waals surface area (Å²) >= 11 is 0. The first-order valence-electron chi connectivity index (χ1n) is 4.37. The number of hydrogen-bond acceptors (Lipinski definition) is 4. The van der Waals surface area contributed by atoms with Crippen molar-refractivity contribution in [3.63, 3.8) is 0 Å². The Morgan fingerprint density at radius 2 is 2.07 bits per heavy atom. The predicted molar refractivity (Wildman–Crippen MR) is 52.4 cm³/mol. The lowest BCUT2D eigenvalue weighted by molar-refractivity contribution is 0.818. The van der Waals surface area contributed by atoms with Gasteiger partial charge in [0.2, 0.25) is 5.82 Å². The van der Waals surface area contributed by atoms with E-state index in [0.717, 1.165) is 12.1 Å². The summed E-state index contributed by atoms with van der Waals surface area (Å²) in [7, 11) is 1.92. The molecule has 0 radical (unpaired) electrons. The molecule has 72 valence electrons. The summed E-state index contributed by atoms with van der Waals surface area (Å²) in [6, 6.07) is 8.06. The number of aromatic amines is 1. The molecule has 0 unspecified atom stereocenters. The molecule has 5 heteroatoms. The van der Waals surface area contributed by atoms with Gasteiger partial charge in [0.05, 0.1) is 0 Å². The van der Waals surface area contributed by atoms with Crippen molar-refractivity contribution >= 4 is 0 Å². The molecule has 1 heterocycles. The van der Waals surface area contributed by atoms with Crippen LogP contribution >= 0.6 is 0 Å². The summed E-state index contributed by atoms with van der Waals surface area (Å²) < 4.78 is 0. The number of aromatic nitrogens is 4. The van der Waals surface area contributed by atoms with Crippen LogP contribution in [0.5, 0.6) is 0 Å². The Labute approximate surface area is 81.5 Å². The van der Waals surface area contributed by atoms with E-state index in [1.165, 1.54) is 5.56 Å². The maximum Gasteiger partial charge on any atom is 0.204 e. The molecule has 1 aromatic carbocycles. The van der Waals surface area contributed by atoms with Crippen LogP contribution in [0.2, 0.25) is 0 Å². The Hall–Kier alpha value is -1.75. The molecule has 5 nitrogen and oxygen atoms in total. The largest absolute Gasteiger partial charge is 0.316 e. The van der Waals surface area contributed by atoms with Crippen molar-refractivity contribution in [2.75, 3.05) is 7.05 Å². The van der Waals surface area contributed by atoms with E-state index >= 15 is 0 Å². The van der Waals surface area contributed by atoms with Gasteiger partial charge >= 0.3 is 0 Å². The lowest BCUT2D eigenvalue weighted by Gasteiger charge is -1.99. The van der Waals surface area contributed by atoms with Crippen molar-refractivity contribution in [3.8, 4) is 11.4 Å². The third kappa shape index (κ3) is 1.77. The monoisotopic (exact) mass is 189 g/mol. The highest BCUT2D eigenvalue weighted by atomic mass is 15.5. The molecule has 0 atom stereocenters. The van der Waals surface area contributed by atoms with Gasteiger partial charge in [0.1, 0.15) is 0 Å². The number of benzene rings is 1. The van der Waals surface area contributed by atoms with Gasteiger partial charge in [-0.1, -0.05) is 24.3 Å². The van der Waals surface area contributed by atoms with Gasteiger partial charge in [-0.3, -0.25) is 0 Å². The van der Waals surface area contributed by atoms with Gasteiger partial charge in [0, 0.05) is 12.1 Å². The van der Waals surface area contributed by atoms with Crippen molar-refractivity contribution in [1.29, 1.82) is 0 Å². The first-order chi connectivity index (χ1) is 6.90. The number of H-pyrrole nitrogens is 1. The van der Waals surface area contributed by atoms with E-state index < -0.39 is 0 Å². The zero-order valence-corrected chi connectivity index (χ0v) is 7.86. The topological polar surface area (TPSA) is 66.5 Å². The maximum atomic E-state index is 3.90. The van der Waals surface area contributed by atoms with Gasteiger partial charge in [0.15, 0.2) is 0 Å². The second-order valence-electron chi connectivity index (χ2n) is 2.96. The Morgan fingerprint density at radius 1 is 1.29 bits per heavy atom. The van der Waals surface area contributed by atoms with Gasteiger partial charge < -0.3 is 5.32 Å². The molecule has 0 spiro atoms. The SMILES string of the molecule is CNCc1ccc(-c2nn[nH]n2)cc1. The maximum absolute atomic E-state index is 3.90. The fourth-order valence-corrected chi connectivity index (χ4v) is 1.26. The molecular formula is C9H11N5. The molecule has 0 fully saturated rings. The molecule has 2 N–H and O–H groups in total. The minimum atomic E-state index is 0.626. The van der Waals surface area contributed by atoms with E-state index in [4.69, 9.17) is 0 Å². The van der Waals surface area contributed by atoms with Crippen molar-refractivity contribution in [1.82, 2.24) is 25.9 Å². The number of nitrogens with zero attached hydrogens (tertiary/aromatic N) is 3. The molecule has 0 saturated carbocycles. The summed E-state index contributed by atoms with van der Waals surface area (Å²) in [4.78, 5) is 0. The van der Waals surface area contributed by atoms with Gasteiger partial charge in [-0.25, -0.2) is 0 Å². The van der Waals surface area contributed by atoms with Crippen LogP contribution in [0.25, 0.3) is 11.4 Å². The smallest absolute Gasteiger partial charge is 0.204 e. The number of tetrazole rings is 1. The number of nitrogens with one attached hydrogen (secondary N) is 2. The van der Waals surface area contributed by atoms with E-state index in [1.807, 2.05) is 31.3 Å². The Bertz CT molecular complexity index is 378. The average molecular weight is 189 g/mol. The van der Waals surface area contributed by atoms with Crippen LogP contribution in [0, 0.1) is 0 Å². The molecule has 2 aromatic rings. The van der Waals surface area contributed by atoms with Crippen LogP contribution in [0.3, 0.4) is 0 Å². The Kier molecular flexibility index (Phi) is 2.51. The number of hydrogen-bond donors (Lipinski definition) is 2. The van der Waals surface area contributed by atoms with E-state index in [-0.39, 0.29) is 0 Å². The summed E-state index contributed by atoms with van der Waals surface area (Å²) in [6.07, 6.45) is 0. The minimum absolute atomic E-state index is 0.626. The zero-order valence-electron chi connectivity index (χ0n) is 7.86. The summed E-state index contributed by atoms with van der Waals surface area (Å²) in [5.41, 5.74) is 2.21. The van der Waals surface area contributed by atoms with Crippen molar-refractivity contribution < 1.29 is 0 Å². The standard InChI is InChI=1S/C9H11N5/c1-10-6-7-2-4-8(5-3-7)9-11-13-14-12-9/h2-5,10H,6H2,1H3,(H,11,12,13,14). The van der Waals surface area contributed by atoms with Crippen molar-refractivity contribution in [2.45, 2.75) is 6.54 Å². The first kappa shape index (κ1) is 8.83. The fraction of sp³-hybridized carbons (Fsp3) is 0.222. The Balaban J connectivity index is 2.22. The molecule has 14 heavy (non-hydrogen) atoms. The van der Waals surface area contributed by atoms with Crippen LogP contribution in [0.15, 0.2) is 24.3 Å². The van der Waals surface area contributed by atoms with E-state index in [1.54, 1.807) is 0 Å². The van der Waals surface area contributed by atoms with Crippen LogP contribution in [0.1, 0.15) is 5.56 Å². The van der Waals surface area contributed by atoms with Crippen molar-refractivity contribution in [3.05, 3.63) is 29.8 Å². The summed E-state index contributed by atoms with van der Waals surface area (Å²) in [6.45, 7) is 0.868. The quantitative estimate of drug-likeness (QED) is 0.741. The fourth-order valence-electron chi connectivity index (χ4n) is 1.26. The third-order valence-corrected chi connectivity index (χ3v) is 1.94. The van der Waals surface area contributed by atoms with Crippen LogP contribution in [-0.4, -0.2) is 27.7 Å². The van der Waals surface area contributed by atoms with Crippen molar-refractivity contribution in [2.24, 2.45) is 0 Å². The second-order valence-corrected chi connectivity index (χ2v) is 2.96. The molecule has 0 amide bonds. The predicted octanol–water partition coefficient (Wildman–Crippen LogP) is 0.586. The first-order valence-corrected chi connectivity index (χ1v) is 4.37. The van der Waals surface area contributed by atoms with Gasteiger partial charge in [-0.05, 0) is 17.8 Å². The highest BCUT2D eigenvalue weighted by Gasteiger charge is 2.01. The summed E-state index contributed by atoms with van der Waals surface area (Å²) in [5.74, 6) is 0.626. The molecule has 0 aliphatic rings. The molecule has 0 aliphatic heterocycles. The van der Waals surface area contributed by atoms with Gasteiger partial charge in [0.25, 0.3) is 0 Å². The van der Waals surface area contributed by atoms with Crippen LogP contribution < -0.4 is 5.32 Å². The van der Waals surface area contributed by atoms with E-state index in [0.29, 0.717) is 5.82 Å². The number of rotatable bonds is 3. The average Bonchev–Trinajstić information content (AvgIpc) is 2.72. The van der Waals surface area contributed by atoms with Gasteiger partial charge in [-0.15, -0.1) is 10.2 Å². The highest BCUT2D eigenvalue weighted by molar-refractivity contribution is 5.53. The second kappa shape index (κ2) is 3.97.